The minimum absolute atomic E-state index is 0.0505. The SMILES string of the molecule is COc1ccc(-c2ncc3c(cc(CCl)n3C)c2-c2ccc(C#N)c(F)c2)cc1F. The summed E-state index contributed by atoms with van der Waals surface area (Å²) in [7, 11) is 3.27. The van der Waals surface area contributed by atoms with E-state index in [2.05, 4.69) is 4.98 Å². The molecule has 0 saturated carbocycles. The second-order valence-corrected chi connectivity index (χ2v) is 7.03. The van der Waals surface area contributed by atoms with Gasteiger partial charge in [-0.15, -0.1) is 11.6 Å². The van der Waals surface area contributed by atoms with E-state index >= 15 is 0 Å². The molecule has 0 N–H and O–H groups in total. The maximum Gasteiger partial charge on any atom is 0.165 e. The van der Waals surface area contributed by atoms with E-state index in [1.165, 1.54) is 31.4 Å². The summed E-state index contributed by atoms with van der Waals surface area (Å²) in [6.07, 6.45) is 1.69. The van der Waals surface area contributed by atoms with E-state index in [0.29, 0.717) is 28.3 Å². The van der Waals surface area contributed by atoms with E-state index in [-0.39, 0.29) is 11.3 Å². The molecule has 0 atom stereocenters. The molecule has 0 bridgehead atoms. The van der Waals surface area contributed by atoms with Gasteiger partial charge in [0.15, 0.2) is 11.6 Å². The van der Waals surface area contributed by atoms with Gasteiger partial charge in [0.05, 0.1) is 36.0 Å². The monoisotopic (exact) mass is 423 g/mol. The maximum atomic E-state index is 14.4. The zero-order valence-electron chi connectivity index (χ0n) is 16.2. The quantitative estimate of drug-likeness (QED) is 0.389. The Balaban J connectivity index is 2.06. The number of alkyl halides is 1. The fourth-order valence-corrected chi connectivity index (χ4v) is 3.82. The number of halogens is 3. The van der Waals surface area contributed by atoms with Gasteiger partial charge in [-0.1, -0.05) is 6.07 Å². The fraction of sp³-hybridized carbons (Fsp3) is 0.130. The predicted molar refractivity (Wildman–Crippen MR) is 112 cm³/mol. The van der Waals surface area contributed by atoms with Crippen molar-refractivity contribution in [2.75, 3.05) is 7.11 Å². The Labute approximate surface area is 176 Å². The van der Waals surface area contributed by atoms with Crippen molar-refractivity contribution in [2.24, 2.45) is 7.05 Å². The summed E-state index contributed by atoms with van der Waals surface area (Å²) in [6, 6.07) is 12.7. The molecule has 0 amide bonds. The average Bonchev–Trinajstić information content (AvgIpc) is 3.08. The lowest BCUT2D eigenvalue weighted by molar-refractivity contribution is 0.386. The van der Waals surface area contributed by atoms with Crippen molar-refractivity contribution >= 4 is 22.5 Å². The molecule has 150 valence electrons. The van der Waals surface area contributed by atoms with Crippen molar-refractivity contribution in [3.63, 3.8) is 0 Å². The number of nitrogens with zero attached hydrogens (tertiary/aromatic N) is 3. The molecule has 2 heterocycles. The molecule has 0 fully saturated rings. The van der Waals surface area contributed by atoms with Gasteiger partial charge in [-0.05, 0) is 42.0 Å². The van der Waals surface area contributed by atoms with Crippen LogP contribution in [0.25, 0.3) is 33.3 Å². The highest BCUT2D eigenvalue weighted by Gasteiger charge is 2.19. The molecular weight excluding hydrogens is 408 g/mol. The van der Waals surface area contributed by atoms with E-state index in [9.17, 15) is 8.78 Å². The van der Waals surface area contributed by atoms with E-state index in [1.807, 2.05) is 23.8 Å². The number of fused-ring (bicyclic) bond motifs is 1. The molecule has 2 aromatic carbocycles. The first kappa shape index (κ1) is 19.9. The van der Waals surface area contributed by atoms with Gasteiger partial charge in [0.2, 0.25) is 0 Å². The minimum atomic E-state index is -0.632. The van der Waals surface area contributed by atoms with E-state index in [4.69, 9.17) is 21.6 Å². The topological polar surface area (TPSA) is 50.8 Å². The standard InChI is InChI=1S/C23H16ClF2N3O/c1-29-16(10-24)9-17-20(29)12-28-23(14-5-6-21(30-2)19(26)8-14)22(17)13-3-4-15(11-27)18(25)7-13/h3-9,12H,10H2,1-2H3. The molecule has 4 rings (SSSR count). The van der Waals surface area contributed by atoms with Gasteiger partial charge in [0, 0.05) is 29.3 Å². The Morgan fingerprint density at radius 2 is 1.83 bits per heavy atom. The second kappa shape index (κ2) is 7.77. The first-order valence-corrected chi connectivity index (χ1v) is 9.59. The average molecular weight is 424 g/mol. The second-order valence-electron chi connectivity index (χ2n) is 6.76. The lowest BCUT2D eigenvalue weighted by Crippen LogP contribution is -1.96. The first-order valence-electron chi connectivity index (χ1n) is 9.05. The Morgan fingerprint density at radius 1 is 1.10 bits per heavy atom. The number of aromatic nitrogens is 2. The smallest absolute Gasteiger partial charge is 0.165 e. The summed E-state index contributed by atoms with van der Waals surface area (Å²) >= 11 is 6.08. The van der Waals surface area contributed by atoms with Crippen LogP contribution in [0.3, 0.4) is 0 Å². The van der Waals surface area contributed by atoms with Crippen LogP contribution in [-0.4, -0.2) is 16.7 Å². The lowest BCUT2D eigenvalue weighted by Gasteiger charge is -2.13. The summed E-state index contributed by atoms with van der Waals surface area (Å²) < 4.78 is 35.8. The highest BCUT2D eigenvalue weighted by atomic mass is 35.5. The lowest BCUT2D eigenvalue weighted by atomic mass is 9.95. The molecule has 0 aliphatic rings. The number of aryl methyl sites for hydroxylation is 1. The van der Waals surface area contributed by atoms with Crippen molar-refractivity contribution in [3.8, 4) is 34.2 Å². The number of hydrogen-bond acceptors (Lipinski definition) is 3. The van der Waals surface area contributed by atoms with E-state index in [1.54, 1.807) is 18.3 Å². The van der Waals surface area contributed by atoms with Gasteiger partial charge in [-0.2, -0.15) is 5.26 Å². The molecule has 0 spiro atoms. The Kier molecular flexibility index (Phi) is 5.15. The summed E-state index contributed by atoms with van der Waals surface area (Å²) in [5.74, 6) is -0.746. The van der Waals surface area contributed by atoms with Crippen LogP contribution in [0.4, 0.5) is 8.78 Å². The zero-order valence-corrected chi connectivity index (χ0v) is 17.0. The van der Waals surface area contributed by atoms with Crippen LogP contribution >= 0.6 is 11.6 Å². The van der Waals surface area contributed by atoms with Gasteiger partial charge in [-0.3, -0.25) is 4.98 Å². The normalized spacial score (nSPS) is 10.9. The Hall–Kier alpha value is -3.43. The highest BCUT2D eigenvalue weighted by Crippen LogP contribution is 2.39. The highest BCUT2D eigenvalue weighted by molar-refractivity contribution is 6.17. The van der Waals surface area contributed by atoms with Crippen LogP contribution in [0, 0.1) is 23.0 Å². The number of pyridine rings is 1. The number of benzene rings is 2. The van der Waals surface area contributed by atoms with Gasteiger partial charge in [-0.25, -0.2) is 8.78 Å². The molecule has 0 saturated heterocycles. The molecule has 4 nitrogen and oxygen atoms in total. The molecule has 4 aromatic rings. The van der Waals surface area contributed by atoms with Crippen molar-refractivity contribution in [3.05, 3.63) is 71.6 Å². The first-order chi connectivity index (χ1) is 14.5. The largest absolute Gasteiger partial charge is 0.494 e. The van der Waals surface area contributed by atoms with E-state index < -0.39 is 11.6 Å². The van der Waals surface area contributed by atoms with Crippen LogP contribution < -0.4 is 4.74 Å². The molecule has 0 radical (unpaired) electrons. The zero-order chi connectivity index (χ0) is 21.4. The van der Waals surface area contributed by atoms with Crippen LogP contribution in [0.15, 0.2) is 48.7 Å². The van der Waals surface area contributed by atoms with Crippen LogP contribution in [0.2, 0.25) is 0 Å². The third kappa shape index (κ3) is 3.17. The van der Waals surface area contributed by atoms with Crippen LogP contribution in [0.1, 0.15) is 11.3 Å². The minimum Gasteiger partial charge on any atom is -0.494 e. The van der Waals surface area contributed by atoms with Gasteiger partial charge < -0.3 is 9.30 Å². The third-order valence-corrected chi connectivity index (χ3v) is 5.42. The maximum absolute atomic E-state index is 14.4. The number of nitriles is 1. The number of rotatable bonds is 4. The summed E-state index contributed by atoms with van der Waals surface area (Å²) in [5, 5.41) is 9.87. The Bertz CT molecular complexity index is 1320. The van der Waals surface area contributed by atoms with Gasteiger partial charge in [0.1, 0.15) is 11.9 Å². The molecule has 0 aliphatic carbocycles. The van der Waals surface area contributed by atoms with Gasteiger partial charge >= 0.3 is 0 Å². The van der Waals surface area contributed by atoms with Gasteiger partial charge in [0.25, 0.3) is 0 Å². The van der Waals surface area contributed by atoms with Crippen LogP contribution in [-0.2, 0) is 12.9 Å². The molecule has 0 aliphatic heterocycles. The summed E-state index contributed by atoms with van der Waals surface area (Å²) in [4.78, 5) is 4.57. The molecular formula is C23H16ClF2N3O. The Morgan fingerprint density at radius 3 is 2.47 bits per heavy atom. The number of hydrogen-bond donors (Lipinski definition) is 0. The molecule has 7 heteroatoms. The number of methoxy groups -OCH3 is 1. The van der Waals surface area contributed by atoms with E-state index in [0.717, 1.165) is 16.6 Å². The third-order valence-electron chi connectivity index (χ3n) is 5.14. The predicted octanol–water partition coefficient (Wildman–Crippen LogP) is 5.80. The van der Waals surface area contributed by atoms with Crippen molar-refractivity contribution in [1.29, 1.82) is 5.26 Å². The molecule has 2 aromatic heterocycles. The van der Waals surface area contributed by atoms with Crippen LogP contribution in [0.5, 0.6) is 5.75 Å². The molecule has 0 unspecified atom stereocenters. The summed E-state index contributed by atoms with van der Waals surface area (Å²) in [5.41, 5.74) is 3.79. The fourth-order valence-electron chi connectivity index (χ4n) is 3.56. The number of ether oxygens (including phenoxy) is 1. The van der Waals surface area contributed by atoms with Crippen molar-refractivity contribution in [1.82, 2.24) is 9.55 Å². The molecule has 30 heavy (non-hydrogen) atoms. The van der Waals surface area contributed by atoms with Crippen molar-refractivity contribution < 1.29 is 13.5 Å². The van der Waals surface area contributed by atoms with Crippen molar-refractivity contribution in [2.45, 2.75) is 5.88 Å². The summed E-state index contributed by atoms with van der Waals surface area (Å²) in [6.45, 7) is 0.